The number of nitrogens with two attached hydrogens (primary N) is 1. The maximum atomic E-state index is 5.76. The highest BCUT2D eigenvalue weighted by molar-refractivity contribution is 5.98. The van der Waals surface area contributed by atoms with E-state index in [2.05, 4.69) is 39.7 Å². The second-order valence-corrected chi connectivity index (χ2v) is 5.17. The lowest BCUT2D eigenvalue weighted by atomic mass is 9.99. The fourth-order valence-corrected chi connectivity index (χ4v) is 2.69. The van der Waals surface area contributed by atoms with Crippen molar-refractivity contribution >= 4 is 16.5 Å². The number of aromatic amines is 1. The van der Waals surface area contributed by atoms with Crippen molar-refractivity contribution in [2.24, 2.45) is 0 Å². The summed E-state index contributed by atoms with van der Waals surface area (Å²) in [5.41, 5.74) is 10.2. The van der Waals surface area contributed by atoms with Crippen LogP contribution >= 0.6 is 0 Å². The summed E-state index contributed by atoms with van der Waals surface area (Å²) in [6, 6.07) is 22.2. The number of nitrogens with one attached hydrogen (secondary N) is 1. The number of aromatic nitrogens is 3. The number of anilines is 1. The lowest BCUT2D eigenvalue weighted by molar-refractivity contribution is 0.944. The first-order chi connectivity index (χ1) is 10.8. The van der Waals surface area contributed by atoms with E-state index >= 15 is 0 Å². The second-order valence-electron chi connectivity index (χ2n) is 5.17. The molecule has 0 fully saturated rings. The highest BCUT2D eigenvalue weighted by Gasteiger charge is 2.14. The molecule has 4 nitrogen and oxygen atoms in total. The number of rotatable bonds is 2. The summed E-state index contributed by atoms with van der Waals surface area (Å²) in [5.74, 6) is 0. The third-order valence-electron chi connectivity index (χ3n) is 3.78. The Bertz CT molecular complexity index is 933. The molecule has 0 aliphatic rings. The smallest absolute Gasteiger partial charge is 0.121 e. The van der Waals surface area contributed by atoms with Crippen LogP contribution in [0.5, 0.6) is 0 Å². The molecule has 0 atom stereocenters. The molecule has 0 spiro atoms. The molecule has 106 valence electrons. The van der Waals surface area contributed by atoms with Gasteiger partial charge in [0.2, 0.25) is 0 Å². The maximum Gasteiger partial charge on any atom is 0.121 e. The summed E-state index contributed by atoms with van der Waals surface area (Å²) in [6.45, 7) is 0. The Hall–Kier alpha value is -3.14. The molecule has 4 aromatic rings. The van der Waals surface area contributed by atoms with Gasteiger partial charge in [0.05, 0.1) is 0 Å². The van der Waals surface area contributed by atoms with E-state index in [1.165, 1.54) is 5.39 Å². The van der Waals surface area contributed by atoms with Crippen molar-refractivity contribution in [3.63, 3.8) is 0 Å². The Balaban J connectivity index is 1.94. The fourth-order valence-electron chi connectivity index (χ4n) is 2.69. The summed E-state index contributed by atoms with van der Waals surface area (Å²) in [6.07, 6.45) is 0. The number of nitrogen functional groups attached to an aromatic ring is 1. The first-order valence-corrected chi connectivity index (χ1v) is 7.08. The van der Waals surface area contributed by atoms with Gasteiger partial charge in [-0.2, -0.15) is 15.4 Å². The first-order valence-electron chi connectivity index (χ1n) is 7.08. The number of nitrogens with zero attached hydrogens (tertiary/aromatic N) is 2. The van der Waals surface area contributed by atoms with Crippen LogP contribution in [0.4, 0.5) is 5.69 Å². The van der Waals surface area contributed by atoms with Gasteiger partial charge in [-0.05, 0) is 22.9 Å². The van der Waals surface area contributed by atoms with Crippen LogP contribution in [0.25, 0.3) is 33.3 Å². The minimum Gasteiger partial charge on any atom is -0.399 e. The molecule has 4 heteroatoms. The standard InChI is InChI=1S/C18H14N4/c19-14-10-8-13(9-11-14)17-18(21-22-20-17)16-7-3-5-12-4-1-2-6-15(12)16/h1-11H,19H2,(H,20,21,22). The van der Waals surface area contributed by atoms with Crippen molar-refractivity contribution in [1.29, 1.82) is 0 Å². The summed E-state index contributed by atoms with van der Waals surface area (Å²) in [4.78, 5) is 0. The van der Waals surface area contributed by atoms with Gasteiger partial charge < -0.3 is 5.73 Å². The van der Waals surface area contributed by atoms with Crippen molar-refractivity contribution in [3.05, 3.63) is 66.7 Å². The third kappa shape index (κ3) is 2.02. The number of hydrogen-bond donors (Lipinski definition) is 2. The van der Waals surface area contributed by atoms with E-state index in [0.717, 1.165) is 33.6 Å². The van der Waals surface area contributed by atoms with Gasteiger partial charge in [0, 0.05) is 16.8 Å². The molecule has 0 aliphatic carbocycles. The van der Waals surface area contributed by atoms with Crippen LogP contribution in [0.2, 0.25) is 0 Å². The zero-order chi connectivity index (χ0) is 14.9. The minimum absolute atomic E-state index is 0.735. The number of benzene rings is 3. The van der Waals surface area contributed by atoms with Gasteiger partial charge in [-0.3, -0.25) is 0 Å². The zero-order valence-corrected chi connectivity index (χ0v) is 11.8. The van der Waals surface area contributed by atoms with Crippen LogP contribution in [0.3, 0.4) is 0 Å². The molecule has 0 saturated carbocycles. The molecule has 0 bridgehead atoms. The van der Waals surface area contributed by atoms with E-state index in [0.29, 0.717) is 0 Å². The highest BCUT2D eigenvalue weighted by atomic mass is 15.3. The molecule has 0 unspecified atom stereocenters. The third-order valence-corrected chi connectivity index (χ3v) is 3.78. The summed E-state index contributed by atoms with van der Waals surface area (Å²) < 4.78 is 0. The van der Waals surface area contributed by atoms with Crippen LogP contribution in [0.15, 0.2) is 66.7 Å². The number of hydrogen-bond acceptors (Lipinski definition) is 3. The largest absolute Gasteiger partial charge is 0.399 e. The average Bonchev–Trinajstić information content (AvgIpc) is 3.04. The van der Waals surface area contributed by atoms with Gasteiger partial charge in [-0.1, -0.05) is 54.6 Å². The van der Waals surface area contributed by atoms with Crippen molar-refractivity contribution < 1.29 is 0 Å². The zero-order valence-electron chi connectivity index (χ0n) is 11.8. The van der Waals surface area contributed by atoms with Gasteiger partial charge in [0.15, 0.2) is 0 Å². The molecule has 0 amide bonds. The molecule has 3 N–H and O–H groups in total. The first kappa shape index (κ1) is 12.6. The Kier molecular flexibility index (Phi) is 2.86. The molecular weight excluding hydrogens is 272 g/mol. The SMILES string of the molecule is Nc1ccc(-c2n[nH]nc2-c2cccc3ccccc23)cc1. The summed E-state index contributed by atoms with van der Waals surface area (Å²) in [7, 11) is 0. The quantitative estimate of drug-likeness (QED) is 0.550. The van der Waals surface area contributed by atoms with Crippen LogP contribution in [-0.2, 0) is 0 Å². The van der Waals surface area contributed by atoms with Gasteiger partial charge in [0.25, 0.3) is 0 Å². The highest BCUT2D eigenvalue weighted by Crippen LogP contribution is 2.33. The van der Waals surface area contributed by atoms with Crippen molar-refractivity contribution in [2.75, 3.05) is 5.73 Å². The Morgan fingerprint density at radius 3 is 2.32 bits per heavy atom. The molecule has 3 aromatic carbocycles. The Morgan fingerprint density at radius 2 is 1.45 bits per heavy atom. The van der Waals surface area contributed by atoms with Gasteiger partial charge in [-0.25, -0.2) is 0 Å². The van der Waals surface area contributed by atoms with Crippen LogP contribution < -0.4 is 5.73 Å². The van der Waals surface area contributed by atoms with Gasteiger partial charge in [-0.15, -0.1) is 0 Å². The molecule has 4 rings (SSSR count). The second kappa shape index (κ2) is 5.00. The van der Waals surface area contributed by atoms with Gasteiger partial charge >= 0.3 is 0 Å². The predicted octanol–water partition coefficient (Wildman–Crippen LogP) is 3.87. The topological polar surface area (TPSA) is 67.6 Å². The fraction of sp³-hybridized carbons (Fsp3) is 0. The number of fused-ring (bicyclic) bond motifs is 1. The van der Waals surface area contributed by atoms with E-state index in [-0.39, 0.29) is 0 Å². The van der Waals surface area contributed by atoms with E-state index in [1.807, 2.05) is 42.5 Å². The predicted molar refractivity (Wildman–Crippen MR) is 89.2 cm³/mol. The molecule has 0 aliphatic heterocycles. The Morgan fingerprint density at radius 1 is 0.727 bits per heavy atom. The number of H-pyrrole nitrogens is 1. The molecule has 1 heterocycles. The van der Waals surface area contributed by atoms with E-state index in [9.17, 15) is 0 Å². The maximum absolute atomic E-state index is 5.76. The normalized spacial score (nSPS) is 10.9. The van der Waals surface area contributed by atoms with E-state index in [1.54, 1.807) is 0 Å². The molecular formula is C18H14N4. The lowest BCUT2D eigenvalue weighted by Gasteiger charge is -2.06. The average molecular weight is 286 g/mol. The molecule has 22 heavy (non-hydrogen) atoms. The summed E-state index contributed by atoms with van der Waals surface area (Å²) in [5, 5.41) is 13.8. The molecule has 1 aromatic heterocycles. The van der Waals surface area contributed by atoms with Crippen molar-refractivity contribution in [1.82, 2.24) is 15.4 Å². The minimum atomic E-state index is 0.735. The van der Waals surface area contributed by atoms with Crippen LogP contribution in [-0.4, -0.2) is 15.4 Å². The van der Waals surface area contributed by atoms with Crippen molar-refractivity contribution in [3.8, 4) is 22.5 Å². The van der Waals surface area contributed by atoms with Crippen molar-refractivity contribution in [2.45, 2.75) is 0 Å². The van der Waals surface area contributed by atoms with E-state index < -0.39 is 0 Å². The molecule has 0 radical (unpaired) electrons. The Labute approximate surface area is 127 Å². The summed E-state index contributed by atoms with van der Waals surface area (Å²) >= 11 is 0. The van der Waals surface area contributed by atoms with E-state index in [4.69, 9.17) is 5.73 Å². The van der Waals surface area contributed by atoms with Crippen LogP contribution in [0.1, 0.15) is 0 Å². The van der Waals surface area contributed by atoms with Crippen LogP contribution in [0, 0.1) is 0 Å². The van der Waals surface area contributed by atoms with Gasteiger partial charge in [0.1, 0.15) is 11.4 Å². The lowest BCUT2D eigenvalue weighted by Crippen LogP contribution is -1.87. The molecule has 0 saturated heterocycles. The monoisotopic (exact) mass is 286 g/mol.